The van der Waals surface area contributed by atoms with Crippen molar-refractivity contribution in [2.75, 3.05) is 0 Å². The molecule has 2 aromatic carbocycles. The molecule has 108 valence electrons. The van der Waals surface area contributed by atoms with Gasteiger partial charge in [-0.25, -0.2) is 0 Å². The van der Waals surface area contributed by atoms with Gasteiger partial charge < -0.3 is 10.5 Å². The van der Waals surface area contributed by atoms with Crippen LogP contribution < -0.4 is 10.5 Å². The van der Waals surface area contributed by atoms with Crippen molar-refractivity contribution in [1.82, 2.24) is 0 Å². The van der Waals surface area contributed by atoms with Crippen LogP contribution in [0, 0.1) is 15.5 Å². The summed E-state index contributed by atoms with van der Waals surface area (Å²) >= 11 is 11.9. The number of ether oxygens (including phenoxy) is 1. The van der Waals surface area contributed by atoms with Gasteiger partial charge in [-0.2, -0.15) is 0 Å². The highest BCUT2D eigenvalue weighted by Gasteiger charge is 2.20. The zero-order chi connectivity index (χ0) is 15.6. The van der Waals surface area contributed by atoms with Gasteiger partial charge in [0.1, 0.15) is 11.6 Å². The fraction of sp³-hybridized carbons (Fsp3) is 0. The minimum absolute atomic E-state index is 0.0934. The highest BCUT2D eigenvalue weighted by molar-refractivity contribution is 6.33. The fourth-order valence-electron chi connectivity index (χ4n) is 1.60. The van der Waals surface area contributed by atoms with E-state index in [1.165, 1.54) is 36.4 Å². The monoisotopic (exact) mass is 325 g/mol. The Hall–Kier alpha value is -2.31. The molecular weight excluding hydrogens is 317 g/mol. The third-order valence-electron chi connectivity index (χ3n) is 2.60. The van der Waals surface area contributed by atoms with E-state index in [0.717, 1.165) is 0 Å². The molecule has 0 saturated carbocycles. The summed E-state index contributed by atoms with van der Waals surface area (Å²) in [6.07, 6.45) is 0. The van der Waals surface area contributed by atoms with Crippen molar-refractivity contribution in [3.8, 4) is 11.5 Å². The van der Waals surface area contributed by atoms with Gasteiger partial charge in [0.2, 0.25) is 5.75 Å². The van der Waals surface area contributed by atoms with E-state index in [4.69, 9.17) is 39.1 Å². The predicted molar refractivity (Wildman–Crippen MR) is 80.6 cm³/mol. The van der Waals surface area contributed by atoms with E-state index >= 15 is 0 Å². The number of nitro benzene ring substituents is 1. The maximum absolute atomic E-state index is 11.0. The van der Waals surface area contributed by atoms with Crippen LogP contribution in [-0.4, -0.2) is 10.8 Å². The molecule has 0 atom stereocenters. The number of nitro groups is 1. The minimum atomic E-state index is -0.598. The number of benzene rings is 2. The van der Waals surface area contributed by atoms with Gasteiger partial charge in [-0.15, -0.1) is 0 Å². The van der Waals surface area contributed by atoms with Crippen molar-refractivity contribution in [3.05, 3.63) is 62.1 Å². The number of nitrogens with zero attached hydrogens (tertiary/aromatic N) is 1. The average molecular weight is 326 g/mol. The molecule has 0 bridgehead atoms. The second kappa shape index (κ2) is 5.99. The first kappa shape index (κ1) is 15.1. The topological polar surface area (TPSA) is 102 Å². The van der Waals surface area contributed by atoms with Crippen LogP contribution in [0.5, 0.6) is 11.5 Å². The van der Waals surface area contributed by atoms with Crippen LogP contribution in [0.2, 0.25) is 10.0 Å². The summed E-state index contributed by atoms with van der Waals surface area (Å²) in [6, 6.07) is 8.62. The molecule has 6 nitrogen and oxygen atoms in total. The second-order valence-corrected chi connectivity index (χ2v) is 4.82. The first-order chi connectivity index (χ1) is 9.90. The normalized spacial score (nSPS) is 10.2. The number of hydrogen-bond donors (Lipinski definition) is 2. The summed E-state index contributed by atoms with van der Waals surface area (Å²) in [6.45, 7) is 0. The molecule has 21 heavy (non-hydrogen) atoms. The summed E-state index contributed by atoms with van der Waals surface area (Å²) in [4.78, 5) is 10.4. The molecule has 0 aliphatic heterocycles. The van der Waals surface area contributed by atoms with Gasteiger partial charge in [0.15, 0.2) is 0 Å². The Morgan fingerprint density at radius 1 is 1.24 bits per heavy atom. The first-order valence-electron chi connectivity index (χ1n) is 5.65. The summed E-state index contributed by atoms with van der Waals surface area (Å²) in [5.41, 5.74) is 5.50. The first-order valence-corrected chi connectivity index (χ1v) is 6.40. The standard InChI is InChI=1S/C13H9Cl2N3O3/c14-8-2-1-3-10(18(19)20)12(8)21-11-5-4-7(13(16)17)6-9(11)15/h1-6H,(H3,16,17). The maximum Gasteiger partial charge on any atom is 0.313 e. The largest absolute Gasteiger partial charge is 0.447 e. The zero-order valence-corrected chi connectivity index (χ0v) is 12.0. The summed E-state index contributed by atoms with van der Waals surface area (Å²) in [5, 5.41) is 18.6. The Morgan fingerprint density at radius 2 is 1.95 bits per heavy atom. The van der Waals surface area contributed by atoms with E-state index in [1.807, 2.05) is 0 Å². The molecule has 3 N–H and O–H groups in total. The number of halogens is 2. The Morgan fingerprint density at radius 3 is 2.52 bits per heavy atom. The number of hydrogen-bond acceptors (Lipinski definition) is 4. The van der Waals surface area contributed by atoms with Crippen LogP contribution in [0.1, 0.15) is 5.56 Å². The van der Waals surface area contributed by atoms with Crippen molar-refractivity contribution in [3.63, 3.8) is 0 Å². The highest BCUT2D eigenvalue weighted by Crippen LogP contribution is 2.39. The molecule has 0 unspecified atom stereocenters. The Labute approximate surface area is 129 Å². The Balaban J connectivity index is 2.44. The molecule has 0 amide bonds. The number of nitrogens with one attached hydrogen (secondary N) is 1. The lowest BCUT2D eigenvalue weighted by Gasteiger charge is -2.10. The smallest absolute Gasteiger partial charge is 0.313 e. The van der Waals surface area contributed by atoms with Gasteiger partial charge in [0.25, 0.3) is 0 Å². The van der Waals surface area contributed by atoms with Crippen molar-refractivity contribution < 1.29 is 9.66 Å². The lowest BCUT2D eigenvalue weighted by Crippen LogP contribution is -2.10. The Bertz CT molecular complexity index is 735. The molecule has 0 fully saturated rings. The molecule has 0 aromatic heterocycles. The summed E-state index contributed by atoms with van der Waals surface area (Å²) in [7, 11) is 0. The SMILES string of the molecule is N=C(N)c1ccc(Oc2c(Cl)cccc2[N+](=O)[O-])c(Cl)c1. The van der Waals surface area contributed by atoms with Crippen molar-refractivity contribution in [2.45, 2.75) is 0 Å². The van der Waals surface area contributed by atoms with E-state index in [0.29, 0.717) is 5.56 Å². The van der Waals surface area contributed by atoms with Crippen LogP contribution in [0.4, 0.5) is 5.69 Å². The fourth-order valence-corrected chi connectivity index (χ4v) is 2.03. The van der Waals surface area contributed by atoms with Gasteiger partial charge in [-0.1, -0.05) is 29.3 Å². The van der Waals surface area contributed by atoms with E-state index in [2.05, 4.69) is 0 Å². The van der Waals surface area contributed by atoms with Crippen LogP contribution in [0.15, 0.2) is 36.4 Å². The lowest BCUT2D eigenvalue weighted by atomic mass is 10.2. The van der Waals surface area contributed by atoms with E-state index in [1.54, 1.807) is 0 Å². The van der Waals surface area contributed by atoms with E-state index in [9.17, 15) is 10.1 Å². The molecule has 8 heteroatoms. The zero-order valence-electron chi connectivity index (χ0n) is 10.5. The van der Waals surface area contributed by atoms with E-state index < -0.39 is 4.92 Å². The highest BCUT2D eigenvalue weighted by atomic mass is 35.5. The molecule has 0 spiro atoms. The summed E-state index contributed by atoms with van der Waals surface area (Å²) in [5.74, 6) is -0.0633. The van der Waals surface area contributed by atoms with Crippen LogP contribution in [-0.2, 0) is 0 Å². The Kier molecular flexibility index (Phi) is 4.30. The number of nitrogen functional groups attached to an aromatic ring is 1. The van der Waals surface area contributed by atoms with Crippen molar-refractivity contribution in [1.29, 1.82) is 5.41 Å². The van der Waals surface area contributed by atoms with Crippen LogP contribution in [0.3, 0.4) is 0 Å². The molecule has 2 rings (SSSR count). The second-order valence-electron chi connectivity index (χ2n) is 4.01. The number of rotatable bonds is 4. The molecule has 2 aromatic rings. The molecule has 0 saturated heterocycles. The maximum atomic E-state index is 11.0. The minimum Gasteiger partial charge on any atom is -0.447 e. The number of amidine groups is 1. The molecule has 0 radical (unpaired) electrons. The average Bonchev–Trinajstić information content (AvgIpc) is 2.42. The van der Waals surface area contributed by atoms with Crippen LogP contribution in [0.25, 0.3) is 0 Å². The van der Waals surface area contributed by atoms with Crippen molar-refractivity contribution in [2.24, 2.45) is 5.73 Å². The third kappa shape index (κ3) is 3.24. The van der Waals surface area contributed by atoms with Gasteiger partial charge in [0, 0.05) is 11.6 Å². The molecule has 0 heterocycles. The summed E-state index contributed by atoms with van der Waals surface area (Å²) < 4.78 is 5.45. The van der Waals surface area contributed by atoms with Gasteiger partial charge >= 0.3 is 5.69 Å². The molecule has 0 aliphatic rings. The predicted octanol–water partition coefficient (Wildman–Crippen LogP) is 3.98. The van der Waals surface area contributed by atoms with Crippen LogP contribution >= 0.6 is 23.2 Å². The molecule has 0 aliphatic carbocycles. The van der Waals surface area contributed by atoms with Gasteiger partial charge in [-0.05, 0) is 24.3 Å². The molecular formula is C13H9Cl2N3O3. The number of para-hydroxylation sites is 1. The van der Waals surface area contributed by atoms with Gasteiger partial charge in [-0.3, -0.25) is 15.5 Å². The van der Waals surface area contributed by atoms with E-state index in [-0.39, 0.29) is 33.1 Å². The van der Waals surface area contributed by atoms with Gasteiger partial charge in [0.05, 0.1) is 15.0 Å². The quantitative estimate of drug-likeness (QED) is 0.384. The third-order valence-corrected chi connectivity index (χ3v) is 3.19. The van der Waals surface area contributed by atoms with Crippen molar-refractivity contribution >= 4 is 34.7 Å². The number of nitrogens with two attached hydrogens (primary N) is 1. The lowest BCUT2D eigenvalue weighted by molar-refractivity contribution is -0.385.